The number of aliphatic carboxylic acids is 1. The normalized spacial score (nSPS) is 19.1. The molecule has 21 heavy (non-hydrogen) atoms. The number of nitrogens with zero attached hydrogens (tertiary/aromatic N) is 3. The van der Waals surface area contributed by atoms with E-state index in [9.17, 15) is 9.59 Å². The summed E-state index contributed by atoms with van der Waals surface area (Å²) in [4.78, 5) is 29.4. The summed E-state index contributed by atoms with van der Waals surface area (Å²) >= 11 is 0. The van der Waals surface area contributed by atoms with Crippen molar-refractivity contribution in [2.24, 2.45) is 5.92 Å². The molecule has 0 bridgehead atoms. The minimum Gasteiger partial charge on any atom is -0.481 e. The molecule has 0 aromatic carbocycles. The van der Waals surface area contributed by atoms with Crippen LogP contribution < -0.4 is 5.56 Å². The zero-order chi connectivity index (χ0) is 14.8. The van der Waals surface area contributed by atoms with Crippen LogP contribution >= 0.6 is 0 Å². The first kappa shape index (κ1) is 13.8. The van der Waals surface area contributed by atoms with E-state index in [0.29, 0.717) is 12.2 Å². The predicted molar refractivity (Wildman–Crippen MR) is 77.1 cm³/mol. The van der Waals surface area contributed by atoms with Crippen LogP contribution in [0.2, 0.25) is 0 Å². The summed E-state index contributed by atoms with van der Waals surface area (Å²) in [6.45, 7) is 2.20. The molecule has 1 aliphatic heterocycles. The Morgan fingerprint density at radius 3 is 3.10 bits per heavy atom. The smallest absolute Gasteiger partial charge is 0.303 e. The highest BCUT2D eigenvalue weighted by Gasteiger charge is 2.24. The second-order valence-electron chi connectivity index (χ2n) is 5.50. The Labute approximate surface area is 121 Å². The van der Waals surface area contributed by atoms with Crippen molar-refractivity contribution in [3.05, 3.63) is 46.5 Å². The third-order valence-electron chi connectivity index (χ3n) is 3.84. The fourth-order valence-corrected chi connectivity index (χ4v) is 2.88. The van der Waals surface area contributed by atoms with E-state index in [2.05, 4.69) is 9.88 Å². The third kappa shape index (κ3) is 3.11. The molecule has 1 aliphatic rings. The lowest BCUT2D eigenvalue weighted by Gasteiger charge is -2.15. The van der Waals surface area contributed by atoms with Crippen molar-refractivity contribution in [1.29, 1.82) is 0 Å². The van der Waals surface area contributed by atoms with Crippen molar-refractivity contribution in [1.82, 2.24) is 14.3 Å². The molecule has 6 nitrogen and oxygen atoms in total. The summed E-state index contributed by atoms with van der Waals surface area (Å²) in [6.07, 6.45) is 2.80. The van der Waals surface area contributed by atoms with Gasteiger partial charge >= 0.3 is 5.97 Å². The van der Waals surface area contributed by atoms with E-state index in [0.717, 1.165) is 25.2 Å². The van der Waals surface area contributed by atoms with Crippen LogP contribution in [-0.4, -0.2) is 38.4 Å². The van der Waals surface area contributed by atoms with Gasteiger partial charge in [-0.25, -0.2) is 4.98 Å². The number of carboxylic acid groups (broad SMARTS) is 1. The van der Waals surface area contributed by atoms with Crippen LogP contribution in [0.25, 0.3) is 5.65 Å². The molecule has 2 aromatic rings. The van der Waals surface area contributed by atoms with E-state index in [1.54, 1.807) is 18.3 Å². The quantitative estimate of drug-likeness (QED) is 0.907. The van der Waals surface area contributed by atoms with Crippen molar-refractivity contribution in [3.63, 3.8) is 0 Å². The van der Waals surface area contributed by atoms with E-state index in [1.807, 2.05) is 12.1 Å². The zero-order valence-corrected chi connectivity index (χ0v) is 11.6. The van der Waals surface area contributed by atoms with Gasteiger partial charge < -0.3 is 5.11 Å². The fourth-order valence-electron chi connectivity index (χ4n) is 2.88. The molecule has 2 aromatic heterocycles. The maximum atomic E-state index is 12.0. The molecule has 0 aliphatic carbocycles. The number of fused-ring (bicyclic) bond motifs is 1. The molecule has 110 valence electrons. The second kappa shape index (κ2) is 5.65. The van der Waals surface area contributed by atoms with Crippen molar-refractivity contribution < 1.29 is 9.90 Å². The summed E-state index contributed by atoms with van der Waals surface area (Å²) < 4.78 is 1.51. The van der Waals surface area contributed by atoms with Crippen LogP contribution in [0.15, 0.2) is 35.3 Å². The van der Waals surface area contributed by atoms with Gasteiger partial charge in [0.2, 0.25) is 0 Å². The Balaban J connectivity index is 1.74. The van der Waals surface area contributed by atoms with Crippen molar-refractivity contribution in [3.8, 4) is 0 Å². The summed E-state index contributed by atoms with van der Waals surface area (Å²) in [6, 6.07) is 7.01. The van der Waals surface area contributed by atoms with Crippen LogP contribution in [0, 0.1) is 5.92 Å². The Bertz CT molecular complexity index is 725. The fraction of sp³-hybridized carbons (Fsp3) is 0.400. The van der Waals surface area contributed by atoms with Gasteiger partial charge in [0.15, 0.2) is 0 Å². The average molecular weight is 287 g/mol. The van der Waals surface area contributed by atoms with Gasteiger partial charge in [-0.05, 0) is 31.0 Å². The third-order valence-corrected chi connectivity index (χ3v) is 3.84. The molecule has 1 N–H and O–H groups in total. The van der Waals surface area contributed by atoms with Crippen LogP contribution in [-0.2, 0) is 11.3 Å². The first-order valence-corrected chi connectivity index (χ1v) is 7.03. The molecule has 1 atom stereocenters. The SMILES string of the molecule is O=C(O)CC1CCN(Cc2cc(=O)n3ccccc3n2)C1. The number of carbonyl (C=O) groups is 1. The van der Waals surface area contributed by atoms with Gasteiger partial charge in [-0.15, -0.1) is 0 Å². The molecule has 0 radical (unpaired) electrons. The van der Waals surface area contributed by atoms with E-state index < -0.39 is 5.97 Å². The standard InChI is InChI=1S/C15H17N3O3/c19-14-8-12(16-13-3-1-2-5-18(13)14)10-17-6-4-11(9-17)7-15(20)21/h1-3,5,8,11H,4,6-7,9-10H2,(H,20,21). The average Bonchev–Trinajstić information content (AvgIpc) is 2.85. The van der Waals surface area contributed by atoms with Crippen LogP contribution in [0.5, 0.6) is 0 Å². The van der Waals surface area contributed by atoms with E-state index in [4.69, 9.17) is 5.11 Å². The molecule has 1 fully saturated rings. The highest BCUT2D eigenvalue weighted by molar-refractivity contribution is 5.67. The van der Waals surface area contributed by atoms with Gasteiger partial charge in [0.05, 0.1) is 5.69 Å². The lowest BCUT2D eigenvalue weighted by atomic mass is 10.1. The van der Waals surface area contributed by atoms with E-state index in [1.165, 1.54) is 4.40 Å². The summed E-state index contributed by atoms with van der Waals surface area (Å²) in [5.74, 6) is -0.548. The largest absolute Gasteiger partial charge is 0.481 e. The molecule has 1 unspecified atom stereocenters. The second-order valence-corrected chi connectivity index (χ2v) is 5.50. The highest BCUT2D eigenvalue weighted by atomic mass is 16.4. The monoisotopic (exact) mass is 287 g/mol. The van der Waals surface area contributed by atoms with E-state index in [-0.39, 0.29) is 17.9 Å². The Morgan fingerprint density at radius 2 is 2.29 bits per heavy atom. The Hall–Kier alpha value is -2.21. The molecule has 0 spiro atoms. The van der Waals surface area contributed by atoms with Crippen LogP contribution in [0.4, 0.5) is 0 Å². The minimum absolute atomic E-state index is 0.0862. The molecule has 1 saturated heterocycles. The number of likely N-dealkylation sites (tertiary alicyclic amines) is 1. The topological polar surface area (TPSA) is 74.9 Å². The highest BCUT2D eigenvalue weighted by Crippen LogP contribution is 2.20. The predicted octanol–water partition coefficient (Wildman–Crippen LogP) is 0.991. The first-order chi connectivity index (χ1) is 10.1. The number of aromatic nitrogens is 2. The van der Waals surface area contributed by atoms with Gasteiger partial charge in [0.25, 0.3) is 5.56 Å². The van der Waals surface area contributed by atoms with Gasteiger partial charge in [-0.3, -0.25) is 18.9 Å². The molecule has 0 amide bonds. The van der Waals surface area contributed by atoms with Gasteiger partial charge in [-0.2, -0.15) is 0 Å². The lowest BCUT2D eigenvalue weighted by Crippen LogP contribution is -2.24. The molecule has 0 saturated carbocycles. The summed E-state index contributed by atoms with van der Waals surface area (Å²) in [7, 11) is 0. The molecule has 6 heteroatoms. The van der Waals surface area contributed by atoms with Crippen LogP contribution in [0.3, 0.4) is 0 Å². The first-order valence-electron chi connectivity index (χ1n) is 7.03. The zero-order valence-electron chi connectivity index (χ0n) is 11.6. The Kier molecular flexibility index (Phi) is 3.70. The van der Waals surface area contributed by atoms with E-state index >= 15 is 0 Å². The molecular formula is C15H17N3O3. The van der Waals surface area contributed by atoms with Crippen molar-refractivity contribution in [2.45, 2.75) is 19.4 Å². The maximum Gasteiger partial charge on any atom is 0.303 e. The van der Waals surface area contributed by atoms with Crippen molar-refractivity contribution in [2.75, 3.05) is 13.1 Å². The molecule has 3 heterocycles. The van der Waals surface area contributed by atoms with Crippen LogP contribution in [0.1, 0.15) is 18.5 Å². The molecule has 3 rings (SSSR count). The lowest BCUT2D eigenvalue weighted by molar-refractivity contribution is -0.138. The minimum atomic E-state index is -0.746. The number of hydrogen-bond donors (Lipinski definition) is 1. The summed E-state index contributed by atoms with van der Waals surface area (Å²) in [5.41, 5.74) is 1.29. The number of hydrogen-bond acceptors (Lipinski definition) is 4. The van der Waals surface area contributed by atoms with Gasteiger partial charge in [0, 0.05) is 31.8 Å². The van der Waals surface area contributed by atoms with Gasteiger partial charge in [0.1, 0.15) is 5.65 Å². The van der Waals surface area contributed by atoms with Crippen molar-refractivity contribution >= 4 is 11.6 Å². The number of rotatable bonds is 4. The number of carboxylic acids is 1. The number of pyridine rings is 1. The Morgan fingerprint density at radius 1 is 1.43 bits per heavy atom. The van der Waals surface area contributed by atoms with Gasteiger partial charge in [-0.1, -0.05) is 6.07 Å². The summed E-state index contributed by atoms with van der Waals surface area (Å²) in [5, 5.41) is 8.83. The maximum absolute atomic E-state index is 12.0. The molecular weight excluding hydrogens is 270 g/mol.